The lowest BCUT2D eigenvalue weighted by molar-refractivity contribution is -0.125. The summed E-state index contributed by atoms with van der Waals surface area (Å²) in [6, 6.07) is 11.8. The van der Waals surface area contributed by atoms with Crippen molar-refractivity contribution in [2.45, 2.75) is 68.8 Å². The zero-order valence-electron chi connectivity index (χ0n) is 19.7. The second-order valence-electron chi connectivity index (χ2n) is 9.19. The number of amides is 1. The normalized spacial score (nSPS) is 17.6. The van der Waals surface area contributed by atoms with Crippen LogP contribution in [0, 0.1) is 0 Å². The molecule has 35 heavy (non-hydrogen) atoms. The molecule has 2 aromatic carbocycles. The van der Waals surface area contributed by atoms with E-state index < -0.39 is 22.6 Å². The molecular formula is C26H31ClN2O5S. The van der Waals surface area contributed by atoms with Gasteiger partial charge in [-0.1, -0.05) is 68.0 Å². The number of nitrogens with zero attached hydrogens (tertiary/aromatic N) is 1. The van der Waals surface area contributed by atoms with E-state index in [-0.39, 0.29) is 34.0 Å². The van der Waals surface area contributed by atoms with E-state index in [2.05, 4.69) is 5.32 Å². The highest BCUT2D eigenvalue weighted by molar-refractivity contribution is 7.89. The van der Waals surface area contributed by atoms with Crippen molar-refractivity contribution >= 4 is 33.5 Å². The number of sulfonamides is 1. The highest BCUT2D eigenvalue weighted by atomic mass is 35.5. The second kappa shape index (κ2) is 11.5. The molecule has 0 saturated heterocycles. The van der Waals surface area contributed by atoms with Crippen LogP contribution in [0.4, 0.5) is 0 Å². The van der Waals surface area contributed by atoms with Crippen LogP contribution < -0.4 is 5.32 Å². The van der Waals surface area contributed by atoms with E-state index in [9.17, 15) is 18.0 Å². The minimum Gasteiger partial charge on any atom is -0.452 e. The summed E-state index contributed by atoms with van der Waals surface area (Å²) in [4.78, 5) is 24.8. The molecule has 1 heterocycles. The van der Waals surface area contributed by atoms with E-state index in [4.69, 9.17) is 16.3 Å². The molecule has 0 aromatic heterocycles. The average Bonchev–Trinajstić information content (AvgIpc) is 2.84. The maximum Gasteiger partial charge on any atom is 0.338 e. The number of benzene rings is 2. The number of rotatable bonds is 6. The lowest BCUT2D eigenvalue weighted by Gasteiger charge is -2.28. The molecule has 0 spiro atoms. The average molecular weight is 519 g/mol. The van der Waals surface area contributed by atoms with Crippen LogP contribution in [-0.4, -0.2) is 43.8 Å². The fraction of sp³-hybridized carbons (Fsp3) is 0.462. The first kappa shape index (κ1) is 25.7. The Bertz CT molecular complexity index is 1180. The molecule has 1 fully saturated rings. The SMILES string of the molecule is O=C(COC(=O)c1ccc(Cl)c(S(=O)(=O)N2CCc3ccccc3C2)c1)NC1CCCCCCC1. The Morgan fingerprint density at radius 2 is 1.69 bits per heavy atom. The minimum absolute atomic E-state index is 0.0300. The monoisotopic (exact) mass is 518 g/mol. The fourth-order valence-electron chi connectivity index (χ4n) is 4.73. The van der Waals surface area contributed by atoms with E-state index in [0.717, 1.165) is 36.8 Å². The summed E-state index contributed by atoms with van der Waals surface area (Å²) in [5.41, 5.74) is 2.11. The Kier molecular flexibility index (Phi) is 8.46. The second-order valence-corrected chi connectivity index (χ2v) is 11.5. The van der Waals surface area contributed by atoms with E-state index in [0.29, 0.717) is 13.0 Å². The molecule has 9 heteroatoms. The predicted molar refractivity (Wildman–Crippen MR) is 134 cm³/mol. The van der Waals surface area contributed by atoms with Gasteiger partial charge >= 0.3 is 5.97 Å². The summed E-state index contributed by atoms with van der Waals surface area (Å²) in [5.74, 6) is -1.12. The molecule has 0 unspecified atom stereocenters. The molecule has 7 nitrogen and oxygen atoms in total. The van der Waals surface area contributed by atoms with Gasteiger partial charge in [0.25, 0.3) is 5.91 Å². The van der Waals surface area contributed by atoms with Gasteiger partial charge in [-0.2, -0.15) is 4.31 Å². The Labute approximate surface area is 211 Å². The van der Waals surface area contributed by atoms with Gasteiger partial charge in [-0.3, -0.25) is 4.79 Å². The van der Waals surface area contributed by atoms with E-state index in [1.165, 1.54) is 41.8 Å². The van der Waals surface area contributed by atoms with Crippen molar-refractivity contribution in [3.8, 4) is 0 Å². The van der Waals surface area contributed by atoms with Crippen LogP contribution in [0.5, 0.6) is 0 Å². The molecule has 0 radical (unpaired) electrons. The number of hydrogen-bond donors (Lipinski definition) is 1. The Balaban J connectivity index is 1.40. The Hall–Kier alpha value is -2.42. The summed E-state index contributed by atoms with van der Waals surface area (Å²) in [5, 5.41) is 2.98. The molecule has 2 aromatic rings. The molecule has 1 N–H and O–H groups in total. The van der Waals surface area contributed by atoms with Gasteiger partial charge < -0.3 is 10.1 Å². The Morgan fingerprint density at radius 3 is 2.43 bits per heavy atom. The van der Waals surface area contributed by atoms with Crippen molar-refractivity contribution in [2.24, 2.45) is 0 Å². The van der Waals surface area contributed by atoms with Gasteiger partial charge in [0.05, 0.1) is 10.6 Å². The van der Waals surface area contributed by atoms with Crippen molar-refractivity contribution in [1.29, 1.82) is 0 Å². The third kappa shape index (κ3) is 6.42. The van der Waals surface area contributed by atoms with Crippen LogP contribution in [0.15, 0.2) is 47.4 Å². The first-order valence-electron chi connectivity index (χ1n) is 12.2. The zero-order chi connectivity index (χ0) is 24.8. The van der Waals surface area contributed by atoms with E-state index >= 15 is 0 Å². The van der Waals surface area contributed by atoms with E-state index in [1.54, 1.807) is 0 Å². The minimum atomic E-state index is -3.93. The van der Waals surface area contributed by atoms with Crippen LogP contribution in [0.1, 0.15) is 66.4 Å². The summed E-state index contributed by atoms with van der Waals surface area (Å²) in [6.07, 6.45) is 8.20. The predicted octanol–water partition coefficient (Wildman–Crippen LogP) is 4.47. The smallest absolute Gasteiger partial charge is 0.338 e. The summed E-state index contributed by atoms with van der Waals surface area (Å²) >= 11 is 6.24. The van der Waals surface area contributed by atoms with Gasteiger partial charge in [0, 0.05) is 19.1 Å². The molecule has 4 rings (SSSR count). The van der Waals surface area contributed by atoms with Crippen LogP contribution >= 0.6 is 11.6 Å². The van der Waals surface area contributed by atoms with Crippen molar-refractivity contribution in [2.75, 3.05) is 13.2 Å². The molecule has 1 aliphatic heterocycles. The van der Waals surface area contributed by atoms with Crippen LogP contribution in [0.2, 0.25) is 5.02 Å². The molecule has 2 aliphatic rings. The molecule has 1 saturated carbocycles. The number of carbonyl (C=O) groups is 2. The molecule has 188 valence electrons. The fourth-order valence-corrected chi connectivity index (χ4v) is 6.65. The van der Waals surface area contributed by atoms with Gasteiger partial charge in [-0.05, 0) is 48.6 Å². The number of halogens is 1. The third-order valence-electron chi connectivity index (χ3n) is 6.68. The van der Waals surface area contributed by atoms with Crippen molar-refractivity contribution in [3.63, 3.8) is 0 Å². The van der Waals surface area contributed by atoms with Crippen LogP contribution in [-0.2, 0) is 32.5 Å². The number of ether oxygens (including phenoxy) is 1. The maximum absolute atomic E-state index is 13.4. The molecule has 1 aliphatic carbocycles. The highest BCUT2D eigenvalue weighted by Gasteiger charge is 2.31. The standard InChI is InChI=1S/C26H31ClN2O5S/c27-23-13-12-20(26(31)34-18-25(30)28-22-10-4-2-1-3-5-11-22)16-24(23)35(32,33)29-15-14-19-8-6-7-9-21(19)17-29/h6-9,12-13,16,22H,1-5,10-11,14-15,17-18H2,(H,28,30). The topological polar surface area (TPSA) is 92.8 Å². The molecule has 1 amide bonds. The number of nitrogens with one attached hydrogen (secondary N) is 1. The molecule has 0 bridgehead atoms. The lowest BCUT2D eigenvalue weighted by atomic mass is 9.97. The van der Waals surface area contributed by atoms with Crippen molar-refractivity contribution in [3.05, 3.63) is 64.2 Å². The van der Waals surface area contributed by atoms with Gasteiger partial charge in [0.1, 0.15) is 4.90 Å². The lowest BCUT2D eigenvalue weighted by Crippen LogP contribution is -2.38. The van der Waals surface area contributed by atoms with E-state index in [1.807, 2.05) is 24.3 Å². The summed E-state index contributed by atoms with van der Waals surface area (Å²) < 4.78 is 33.3. The van der Waals surface area contributed by atoms with Gasteiger partial charge in [0.15, 0.2) is 6.61 Å². The van der Waals surface area contributed by atoms with Gasteiger partial charge in [-0.25, -0.2) is 13.2 Å². The summed E-state index contributed by atoms with van der Waals surface area (Å²) in [6.45, 7) is 0.152. The van der Waals surface area contributed by atoms with Crippen LogP contribution in [0.25, 0.3) is 0 Å². The Morgan fingerprint density at radius 1 is 1.00 bits per heavy atom. The summed E-state index contributed by atoms with van der Waals surface area (Å²) in [7, 11) is -3.93. The maximum atomic E-state index is 13.4. The molecule has 0 atom stereocenters. The third-order valence-corrected chi connectivity index (χ3v) is 9.01. The number of carbonyl (C=O) groups excluding carboxylic acids is 2. The highest BCUT2D eigenvalue weighted by Crippen LogP contribution is 2.30. The van der Waals surface area contributed by atoms with Gasteiger partial charge in [0.2, 0.25) is 10.0 Å². The number of esters is 1. The molecular weight excluding hydrogens is 488 g/mol. The number of fused-ring (bicyclic) bond motifs is 1. The quantitative estimate of drug-likeness (QED) is 0.569. The van der Waals surface area contributed by atoms with Gasteiger partial charge in [-0.15, -0.1) is 0 Å². The first-order valence-corrected chi connectivity index (χ1v) is 14.0. The van der Waals surface area contributed by atoms with Crippen LogP contribution in [0.3, 0.4) is 0 Å². The number of hydrogen-bond acceptors (Lipinski definition) is 5. The largest absolute Gasteiger partial charge is 0.452 e. The van der Waals surface area contributed by atoms with Crippen molar-refractivity contribution in [1.82, 2.24) is 9.62 Å². The first-order chi connectivity index (χ1) is 16.8. The zero-order valence-corrected chi connectivity index (χ0v) is 21.2. The van der Waals surface area contributed by atoms with Crippen molar-refractivity contribution < 1.29 is 22.7 Å².